The molecule has 142 valence electrons. The van der Waals surface area contributed by atoms with Crippen molar-refractivity contribution in [2.24, 2.45) is 5.92 Å². The van der Waals surface area contributed by atoms with Gasteiger partial charge in [-0.2, -0.15) is 0 Å². The van der Waals surface area contributed by atoms with Crippen LogP contribution in [0.4, 0.5) is 4.79 Å². The molecule has 5 nitrogen and oxygen atoms in total. The fourth-order valence-electron chi connectivity index (χ4n) is 2.80. The van der Waals surface area contributed by atoms with Gasteiger partial charge in [0, 0.05) is 13.5 Å². The van der Waals surface area contributed by atoms with Crippen LogP contribution in [0, 0.1) is 5.92 Å². The van der Waals surface area contributed by atoms with Crippen molar-refractivity contribution in [1.82, 2.24) is 5.32 Å². The summed E-state index contributed by atoms with van der Waals surface area (Å²) < 4.78 is 10.2. The first-order valence-corrected chi connectivity index (χ1v) is 9.28. The van der Waals surface area contributed by atoms with Crippen LogP contribution in [0.1, 0.15) is 86.0 Å². The van der Waals surface area contributed by atoms with E-state index in [4.69, 9.17) is 9.47 Å². The van der Waals surface area contributed by atoms with Crippen LogP contribution in [-0.2, 0) is 14.3 Å². The van der Waals surface area contributed by atoms with E-state index in [2.05, 4.69) is 12.2 Å². The molecule has 0 aliphatic carbocycles. The summed E-state index contributed by atoms with van der Waals surface area (Å²) in [5.74, 6) is 0.760. The van der Waals surface area contributed by atoms with Crippen LogP contribution in [0.5, 0.6) is 0 Å². The van der Waals surface area contributed by atoms with Gasteiger partial charge in [0.1, 0.15) is 5.60 Å². The lowest BCUT2D eigenvalue weighted by molar-refractivity contribution is -0.149. The third-order valence-electron chi connectivity index (χ3n) is 3.79. The molecule has 1 aliphatic heterocycles. The Hall–Kier alpha value is -1.26. The van der Waals surface area contributed by atoms with Gasteiger partial charge >= 0.3 is 12.1 Å². The van der Waals surface area contributed by atoms with Crippen molar-refractivity contribution in [2.75, 3.05) is 7.05 Å². The molecule has 24 heavy (non-hydrogen) atoms. The Morgan fingerprint density at radius 2 is 1.96 bits per heavy atom. The summed E-state index contributed by atoms with van der Waals surface area (Å²) in [4.78, 5) is 21.8. The number of amides is 1. The Bertz CT molecular complexity index is 363. The number of carbonyl (C=O) groups excluding carboxylic acids is 2. The van der Waals surface area contributed by atoms with Gasteiger partial charge in [0.25, 0.3) is 0 Å². The van der Waals surface area contributed by atoms with E-state index in [1.807, 2.05) is 27.7 Å². The molecule has 0 aromatic rings. The molecule has 1 heterocycles. The maximum atomic E-state index is 11.4. The van der Waals surface area contributed by atoms with Crippen molar-refractivity contribution < 1.29 is 19.1 Å². The number of carbonyl (C=O) groups is 2. The molecule has 0 spiro atoms. The number of hydrogen-bond donors (Lipinski definition) is 1. The number of nitrogens with one attached hydrogen (secondary N) is 1. The zero-order chi connectivity index (χ0) is 18.6. The first-order valence-electron chi connectivity index (χ1n) is 9.28. The summed E-state index contributed by atoms with van der Waals surface area (Å²) in [7, 11) is 1.54. The molecule has 0 bridgehead atoms. The minimum atomic E-state index is -0.389. The standard InChI is InChI=1S/C13H24O2.C6H13NO2/c1-3-7-12-8-5-4-6-9-13(14)15-11(2)10-12;1-6(2,3)9-5(8)7-4/h11-12H,3-10H2,1-2H3;1-4H3,(H,7,8). The molecule has 1 N–H and O–H groups in total. The van der Waals surface area contributed by atoms with Gasteiger partial charge in [-0.25, -0.2) is 4.79 Å². The maximum absolute atomic E-state index is 11.4. The number of ether oxygens (including phenoxy) is 2. The average Bonchev–Trinajstić information content (AvgIpc) is 2.45. The third-order valence-corrected chi connectivity index (χ3v) is 3.79. The van der Waals surface area contributed by atoms with Gasteiger partial charge in [0.2, 0.25) is 0 Å². The Morgan fingerprint density at radius 3 is 2.46 bits per heavy atom. The predicted octanol–water partition coefficient (Wildman–Crippen LogP) is 4.83. The third kappa shape index (κ3) is 13.2. The molecular formula is C19H37NO4. The molecule has 1 saturated heterocycles. The van der Waals surface area contributed by atoms with E-state index in [0.717, 1.165) is 18.8 Å². The number of hydrogen-bond acceptors (Lipinski definition) is 4. The summed E-state index contributed by atoms with van der Waals surface area (Å²) in [6, 6.07) is 0. The van der Waals surface area contributed by atoms with Gasteiger partial charge in [-0.05, 0) is 46.5 Å². The normalized spacial score (nSPS) is 22.5. The Labute approximate surface area is 147 Å². The fraction of sp³-hybridized carbons (Fsp3) is 0.895. The SMILES string of the molecule is CCCC1CCCCCC(=O)OC(C)C1.CNC(=O)OC(C)(C)C. The number of esters is 1. The predicted molar refractivity (Wildman–Crippen MR) is 96.9 cm³/mol. The van der Waals surface area contributed by atoms with Gasteiger partial charge in [0.05, 0.1) is 6.10 Å². The topological polar surface area (TPSA) is 64.6 Å². The Morgan fingerprint density at radius 1 is 1.29 bits per heavy atom. The lowest BCUT2D eigenvalue weighted by atomic mass is 9.91. The van der Waals surface area contributed by atoms with Crippen LogP contribution in [0.25, 0.3) is 0 Å². The molecular weight excluding hydrogens is 306 g/mol. The monoisotopic (exact) mass is 343 g/mol. The van der Waals surface area contributed by atoms with E-state index < -0.39 is 0 Å². The van der Waals surface area contributed by atoms with Crippen LogP contribution < -0.4 is 5.32 Å². The van der Waals surface area contributed by atoms with Crippen LogP contribution in [0.2, 0.25) is 0 Å². The zero-order valence-corrected chi connectivity index (χ0v) is 16.4. The summed E-state index contributed by atoms with van der Waals surface area (Å²) >= 11 is 0. The van der Waals surface area contributed by atoms with Gasteiger partial charge in [-0.1, -0.05) is 39.0 Å². The lowest BCUT2D eigenvalue weighted by Gasteiger charge is -2.22. The number of alkyl carbamates (subject to hydrolysis) is 1. The van der Waals surface area contributed by atoms with Crippen LogP contribution >= 0.6 is 0 Å². The van der Waals surface area contributed by atoms with Crippen molar-refractivity contribution in [3.8, 4) is 0 Å². The smallest absolute Gasteiger partial charge is 0.407 e. The van der Waals surface area contributed by atoms with E-state index in [1.165, 1.54) is 39.2 Å². The highest BCUT2D eigenvalue weighted by atomic mass is 16.6. The first-order chi connectivity index (χ1) is 11.2. The highest BCUT2D eigenvalue weighted by Crippen LogP contribution is 2.24. The van der Waals surface area contributed by atoms with E-state index in [9.17, 15) is 9.59 Å². The summed E-state index contributed by atoms with van der Waals surface area (Å²) in [6.45, 7) is 9.73. The fourth-order valence-corrected chi connectivity index (χ4v) is 2.80. The second kappa shape index (κ2) is 12.2. The zero-order valence-electron chi connectivity index (χ0n) is 16.4. The summed E-state index contributed by atoms with van der Waals surface area (Å²) in [6.07, 6.45) is 8.71. The van der Waals surface area contributed by atoms with E-state index in [0.29, 0.717) is 6.42 Å². The molecule has 1 aliphatic rings. The second-order valence-electron chi connectivity index (χ2n) is 7.54. The number of rotatable bonds is 2. The van der Waals surface area contributed by atoms with Crippen molar-refractivity contribution in [2.45, 2.75) is 97.7 Å². The minimum absolute atomic E-state index is 0.000325. The van der Waals surface area contributed by atoms with Crippen LogP contribution in [0.3, 0.4) is 0 Å². The molecule has 1 amide bonds. The van der Waals surface area contributed by atoms with Crippen molar-refractivity contribution in [3.63, 3.8) is 0 Å². The quantitative estimate of drug-likeness (QED) is 0.729. The molecule has 2 unspecified atom stereocenters. The van der Waals surface area contributed by atoms with Gasteiger partial charge in [-0.15, -0.1) is 0 Å². The van der Waals surface area contributed by atoms with E-state index in [1.54, 1.807) is 0 Å². The Kier molecular flexibility index (Phi) is 11.5. The van der Waals surface area contributed by atoms with Crippen molar-refractivity contribution >= 4 is 12.1 Å². The minimum Gasteiger partial charge on any atom is -0.463 e. The molecule has 0 radical (unpaired) electrons. The molecule has 2 atom stereocenters. The molecule has 5 heteroatoms. The first kappa shape index (κ1) is 22.7. The van der Waals surface area contributed by atoms with Crippen LogP contribution in [0.15, 0.2) is 0 Å². The highest BCUT2D eigenvalue weighted by Gasteiger charge is 2.17. The van der Waals surface area contributed by atoms with E-state index >= 15 is 0 Å². The van der Waals surface area contributed by atoms with Gasteiger partial charge in [0.15, 0.2) is 0 Å². The summed E-state index contributed by atoms with van der Waals surface area (Å²) in [5.41, 5.74) is -0.389. The molecule has 0 aromatic heterocycles. The maximum Gasteiger partial charge on any atom is 0.407 e. The molecule has 1 rings (SSSR count). The van der Waals surface area contributed by atoms with Gasteiger partial charge < -0.3 is 14.8 Å². The molecule has 0 aromatic carbocycles. The molecule has 1 fully saturated rings. The van der Waals surface area contributed by atoms with Gasteiger partial charge in [-0.3, -0.25) is 4.79 Å². The Balaban J connectivity index is 0.000000506. The molecule has 0 saturated carbocycles. The lowest BCUT2D eigenvalue weighted by Crippen LogP contribution is -2.30. The largest absolute Gasteiger partial charge is 0.463 e. The van der Waals surface area contributed by atoms with Crippen LogP contribution in [-0.4, -0.2) is 30.8 Å². The summed E-state index contributed by atoms with van der Waals surface area (Å²) in [5, 5.41) is 2.36. The van der Waals surface area contributed by atoms with Crippen molar-refractivity contribution in [3.05, 3.63) is 0 Å². The second-order valence-corrected chi connectivity index (χ2v) is 7.54. The average molecular weight is 344 g/mol. The highest BCUT2D eigenvalue weighted by molar-refractivity contribution is 5.69. The van der Waals surface area contributed by atoms with Crippen molar-refractivity contribution in [1.29, 1.82) is 0 Å². The van der Waals surface area contributed by atoms with E-state index in [-0.39, 0.29) is 23.8 Å². The number of cyclic esters (lactones) is 1.